The molecule has 0 saturated heterocycles. The van der Waals surface area contributed by atoms with Gasteiger partial charge in [-0.25, -0.2) is 4.39 Å². The number of hydrogen-bond donors (Lipinski definition) is 1. The number of hydrogen-bond acceptors (Lipinski definition) is 3. The van der Waals surface area contributed by atoms with E-state index in [2.05, 4.69) is 5.16 Å². The summed E-state index contributed by atoms with van der Waals surface area (Å²) in [6, 6.07) is 5.97. The Morgan fingerprint density at radius 2 is 2.25 bits per heavy atom. The van der Waals surface area contributed by atoms with Gasteiger partial charge in [-0.05, 0) is 13.0 Å². The molecule has 1 heterocycles. The lowest BCUT2D eigenvalue weighted by Gasteiger charge is -1.99. The van der Waals surface area contributed by atoms with Gasteiger partial charge < -0.3 is 9.63 Å². The molecule has 1 aromatic heterocycles. The summed E-state index contributed by atoms with van der Waals surface area (Å²) in [7, 11) is 0. The van der Waals surface area contributed by atoms with Crippen LogP contribution in [0.5, 0.6) is 0 Å². The molecule has 0 aliphatic carbocycles. The van der Waals surface area contributed by atoms with E-state index in [1.54, 1.807) is 13.0 Å². The molecule has 2 aromatic rings. The summed E-state index contributed by atoms with van der Waals surface area (Å²) >= 11 is 5.80. The van der Waals surface area contributed by atoms with Gasteiger partial charge in [-0.15, -0.1) is 0 Å². The predicted molar refractivity (Wildman–Crippen MR) is 57.5 cm³/mol. The molecule has 1 atom stereocenters. The van der Waals surface area contributed by atoms with Gasteiger partial charge in [0.15, 0.2) is 5.76 Å². The number of aliphatic hydroxyl groups is 1. The topological polar surface area (TPSA) is 46.3 Å². The SMILES string of the molecule is CC(O)c1cc(-c2cccc(F)c2Cl)no1. The Kier molecular flexibility index (Phi) is 2.94. The first-order valence-corrected chi connectivity index (χ1v) is 5.06. The number of nitrogens with zero attached hydrogens (tertiary/aromatic N) is 1. The second-order valence-electron chi connectivity index (χ2n) is 3.39. The molecule has 0 radical (unpaired) electrons. The molecule has 1 aromatic carbocycles. The van der Waals surface area contributed by atoms with E-state index in [0.717, 1.165) is 0 Å². The van der Waals surface area contributed by atoms with E-state index < -0.39 is 11.9 Å². The normalized spacial score (nSPS) is 12.8. The zero-order valence-corrected chi connectivity index (χ0v) is 9.20. The molecule has 1 unspecified atom stereocenters. The molecule has 16 heavy (non-hydrogen) atoms. The molecule has 3 nitrogen and oxygen atoms in total. The fraction of sp³-hybridized carbons (Fsp3) is 0.182. The molecule has 2 rings (SSSR count). The maximum absolute atomic E-state index is 13.2. The van der Waals surface area contributed by atoms with Crippen molar-refractivity contribution in [1.82, 2.24) is 5.16 Å². The van der Waals surface area contributed by atoms with Crippen molar-refractivity contribution in [3.05, 3.63) is 40.9 Å². The molecule has 0 aliphatic heterocycles. The summed E-state index contributed by atoms with van der Waals surface area (Å²) in [5, 5.41) is 13.0. The van der Waals surface area contributed by atoms with Crippen LogP contribution in [0.15, 0.2) is 28.8 Å². The lowest BCUT2D eigenvalue weighted by atomic mass is 10.1. The van der Waals surface area contributed by atoms with Gasteiger partial charge >= 0.3 is 0 Å². The van der Waals surface area contributed by atoms with E-state index in [4.69, 9.17) is 16.1 Å². The second kappa shape index (κ2) is 4.23. The predicted octanol–water partition coefficient (Wildman–Crippen LogP) is 3.19. The van der Waals surface area contributed by atoms with Gasteiger partial charge in [0.05, 0.1) is 5.02 Å². The lowest BCUT2D eigenvalue weighted by molar-refractivity contribution is 0.158. The molecule has 1 N–H and O–H groups in total. The summed E-state index contributed by atoms with van der Waals surface area (Å²) in [6.45, 7) is 1.55. The molecule has 0 bridgehead atoms. The third kappa shape index (κ3) is 1.94. The smallest absolute Gasteiger partial charge is 0.165 e. The Morgan fingerprint density at radius 1 is 1.50 bits per heavy atom. The molecule has 5 heteroatoms. The summed E-state index contributed by atoms with van der Waals surface area (Å²) < 4.78 is 18.1. The van der Waals surface area contributed by atoms with Crippen molar-refractivity contribution in [3.8, 4) is 11.3 Å². The Balaban J connectivity index is 2.47. The summed E-state index contributed by atoms with van der Waals surface area (Å²) in [6.07, 6.45) is -0.756. The largest absolute Gasteiger partial charge is 0.385 e. The van der Waals surface area contributed by atoms with Crippen LogP contribution in [0.25, 0.3) is 11.3 Å². The Bertz CT molecular complexity index is 510. The highest BCUT2D eigenvalue weighted by Crippen LogP contribution is 2.30. The zero-order chi connectivity index (χ0) is 11.7. The second-order valence-corrected chi connectivity index (χ2v) is 3.77. The monoisotopic (exact) mass is 241 g/mol. The van der Waals surface area contributed by atoms with Gasteiger partial charge in [-0.2, -0.15) is 0 Å². The number of aromatic nitrogens is 1. The lowest BCUT2D eigenvalue weighted by Crippen LogP contribution is -1.86. The zero-order valence-electron chi connectivity index (χ0n) is 8.45. The molecular formula is C11H9ClFNO2. The van der Waals surface area contributed by atoms with E-state index in [1.165, 1.54) is 18.2 Å². The average Bonchev–Trinajstić information content (AvgIpc) is 2.71. The van der Waals surface area contributed by atoms with Crippen LogP contribution in [-0.4, -0.2) is 10.3 Å². The van der Waals surface area contributed by atoms with Gasteiger partial charge in [0.2, 0.25) is 0 Å². The molecule has 0 saturated carbocycles. The van der Waals surface area contributed by atoms with Crippen LogP contribution in [-0.2, 0) is 0 Å². The number of halogens is 2. The number of rotatable bonds is 2. The van der Waals surface area contributed by atoms with E-state index in [1.807, 2.05) is 0 Å². The van der Waals surface area contributed by atoms with Crippen LogP contribution in [0.4, 0.5) is 4.39 Å². The first-order chi connectivity index (χ1) is 7.59. The van der Waals surface area contributed by atoms with Gasteiger partial charge in [0.25, 0.3) is 0 Å². The van der Waals surface area contributed by atoms with Crippen molar-refractivity contribution in [2.45, 2.75) is 13.0 Å². The summed E-state index contributed by atoms with van der Waals surface area (Å²) in [5.74, 6) is -0.198. The van der Waals surface area contributed by atoms with Crippen molar-refractivity contribution in [3.63, 3.8) is 0 Å². The summed E-state index contributed by atoms with van der Waals surface area (Å²) in [4.78, 5) is 0. The Labute approximate surface area is 96.4 Å². The molecule has 0 aliphatic rings. The number of benzene rings is 1. The fourth-order valence-electron chi connectivity index (χ4n) is 1.31. The van der Waals surface area contributed by atoms with Crippen LogP contribution in [0.3, 0.4) is 0 Å². The maximum Gasteiger partial charge on any atom is 0.165 e. The highest BCUT2D eigenvalue weighted by atomic mass is 35.5. The van der Waals surface area contributed by atoms with Crippen molar-refractivity contribution in [2.24, 2.45) is 0 Å². The van der Waals surface area contributed by atoms with E-state index in [0.29, 0.717) is 17.0 Å². The first-order valence-electron chi connectivity index (χ1n) is 4.68. The van der Waals surface area contributed by atoms with Crippen molar-refractivity contribution in [1.29, 1.82) is 0 Å². The molecule has 0 fully saturated rings. The molecule has 0 spiro atoms. The highest BCUT2D eigenvalue weighted by Gasteiger charge is 2.14. The van der Waals surface area contributed by atoms with Crippen LogP contribution < -0.4 is 0 Å². The minimum Gasteiger partial charge on any atom is -0.385 e. The standard InChI is InChI=1S/C11H9ClFNO2/c1-6(15)10-5-9(14-16-10)7-3-2-4-8(13)11(7)12/h2-6,15H,1H3. The quantitative estimate of drug-likeness (QED) is 0.878. The number of aliphatic hydroxyl groups excluding tert-OH is 1. The highest BCUT2D eigenvalue weighted by molar-refractivity contribution is 6.33. The van der Waals surface area contributed by atoms with Gasteiger partial charge in [0.1, 0.15) is 17.6 Å². The van der Waals surface area contributed by atoms with Crippen LogP contribution in [0, 0.1) is 5.82 Å². The van der Waals surface area contributed by atoms with Crippen molar-refractivity contribution < 1.29 is 14.0 Å². The molecule has 0 amide bonds. The Hall–Kier alpha value is -1.39. The van der Waals surface area contributed by atoms with Gasteiger partial charge in [-0.3, -0.25) is 0 Å². The minimum atomic E-state index is -0.756. The van der Waals surface area contributed by atoms with Crippen molar-refractivity contribution in [2.75, 3.05) is 0 Å². The minimum absolute atomic E-state index is 0.00653. The fourth-order valence-corrected chi connectivity index (χ4v) is 1.54. The molecule has 84 valence electrons. The van der Waals surface area contributed by atoms with Gasteiger partial charge in [-0.1, -0.05) is 28.9 Å². The first kappa shape index (κ1) is 11.1. The Morgan fingerprint density at radius 3 is 2.88 bits per heavy atom. The van der Waals surface area contributed by atoms with Crippen molar-refractivity contribution >= 4 is 11.6 Å². The van der Waals surface area contributed by atoms with Crippen LogP contribution in [0.1, 0.15) is 18.8 Å². The average molecular weight is 242 g/mol. The maximum atomic E-state index is 13.2. The molecular weight excluding hydrogens is 233 g/mol. The third-order valence-electron chi connectivity index (χ3n) is 2.17. The van der Waals surface area contributed by atoms with E-state index in [9.17, 15) is 9.50 Å². The third-order valence-corrected chi connectivity index (χ3v) is 2.55. The van der Waals surface area contributed by atoms with Gasteiger partial charge in [0, 0.05) is 11.6 Å². The van der Waals surface area contributed by atoms with Crippen LogP contribution in [0.2, 0.25) is 5.02 Å². The van der Waals surface area contributed by atoms with E-state index >= 15 is 0 Å². The van der Waals surface area contributed by atoms with E-state index in [-0.39, 0.29) is 5.02 Å². The van der Waals surface area contributed by atoms with Crippen LogP contribution >= 0.6 is 11.6 Å². The summed E-state index contributed by atoms with van der Waals surface area (Å²) in [5.41, 5.74) is 0.845.